The van der Waals surface area contributed by atoms with Crippen LogP contribution in [-0.2, 0) is 4.79 Å². The summed E-state index contributed by atoms with van der Waals surface area (Å²) in [6, 6.07) is 0.324. The molecule has 4 aliphatic rings. The maximum atomic E-state index is 13.1. The average molecular weight is 304 g/mol. The summed E-state index contributed by atoms with van der Waals surface area (Å²) in [4.78, 5) is 20.0. The Morgan fingerprint density at radius 2 is 1.86 bits per heavy atom. The van der Waals surface area contributed by atoms with Crippen molar-refractivity contribution in [2.24, 2.45) is 40.5 Å². The Bertz CT molecular complexity index is 515. The second kappa shape index (κ2) is 5.05. The zero-order valence-electron chi connectivity index (χ0n) is 13.9. The van der Waals surface area contributed by atoms with Crippen molar-refractivity contribution in [3.8, 4) is 0 Å². The van der Waals surface area contributed by atoms with E-state index in [9.17, 15) is 9.90 Å². The summed E-state index contributed by atoms with van der Waals surface area (Å²) in [6.07, 6.45) is 4.08. The first kappa shape index (κ1) is 14.7. The number of aliphatic hydroxyl groups excluding tert-OH is 1. The van der Waals surface area contributed by atoms with Crippen LogP contribution in [0.4, 0.5) is 0 Å². The molecular formula is C18H28N2O2. The minimum absolute atomic E-state index is 0.0833. The fourth-order valence-corrected chi connectivity index (χ4v) is 5.57. The van der Waals surface area contributed by atoms with Crippen LogP contribution in [0.1, 0.15) is 46.5 Å². The van der Waals surface area contributed by atoms with E-state index >= 15 is 0 Å². The molecular weight excluding hydrogens is 276 g/mol. The van der Waals surface area contributed by atoms with E-state index in [4.69, 9.17) is 4.99 Å². The van der Waals surface area contributed by atoms with Gasteiger partial charge in [0.2, 0.25) is 5.91 Å². The SMILES string of the molecule is CC1C(O)CCC2CCC3C4=N[C@@H](C)C(C)CN4C(=O)C3C21. The quantitative estimate of drug-likeness (QED) is 0.746. The molecule has 4 heteroatoms. The van der Waals surface area contributed by atoms with Gasteiger partial charge in [-0.05, 0) is 56.3 Å². The summed E-state index contributed by atoms with van der Waals surface area (Å²) in [5.74, 6) is 3.44. The first-order valence-corrected chi connectivity index (χ1v) is 9.06. The molecule has 4 rings (SSSR count). The van der Waals surface area contributed by atoms with E-state index in [1.807, 2.05) is 4.90 Å². The van der Waals surface area contributed by atoms with Gasteiger partial charge in [-0.2, -0.15) is 0 Å². The smallest absolute Gasteiger partial charge is 0.232 e. The predicted molar refractivity (Wildman–Crippen MR) is 85.4 cm³/mol. The molecule has 8 atom stereocenters. The van der Waals surface area contributed by atoms with Crippen LogP contribution >= 0.6 is 0 Å². The van der Waals surface area contributed by atoms with Crippen molar-refractivity contribution in [3.05, 3.63) is 0 Å². The van der Waals surface area contributed by atoms with E-state index in [2.05, 4.69) is 20.8 Å². The van der Waals surface area contributed by atoms with Gasteiger partial charge in [0.25, 0.3) is 0 Å². The van der Waals surface area contributed by atoms with Crippen molar-refractivity contribution in [3.63, 3.8) is 0 Å². The number of fused-ring (bicyclic) bond motifs is 5. The standard InChI is InChI=1S/C18H28N2O2/c1-9-8-20-17(19-11(9)3)13-6-4-12-5-7-14(21)10(2)15(12)16(13)18(20)22/h9-16,21H,4-8H2,1-3H3/t9?,10?,11-,12?,13?,14?,15?,16?/m0/s1. The molecule has 2 heterocycles. The third kappa shape index (κ3) is 1.92. The molecule has 1 amide bonds. The number of rotatable bonds is 0. The Kier molecular flexibility index (Phi) is 3.37. The van der Waals surface area contributed by atoms with E-state index in [1.165, 1.54) is 6.42 Å². The minimum atomic E-state index is -0.231. The molecule has 0 bridgehead atoms. The highest BCUT2D eigenvalue weighted by atomic mass is 16.3. The van der Waals surface area contributed by atoms with Crippen molar-refractivity contribution >= 4 is 11.7 Å². The predicted octanol–water partition coefficient (Wildman–Crippen LogP) is 2.31. The van der Waals surface area contributed by atoms with E-state index in [-0.39, 0.29) is 17.9 Å². The molecule has 22 heavy (non-hydrogen) atoms. The molecule has 0 aromatic carbocycles. The van der Waals surface area contributed by atoms with Crippen LogP contribution in [0.25, 0.3) is 0 Å². The Morgan fingerprint density at radius 3 is 2.64 bits per heavy atom. The summed E-state index contributed by atoms with van der Waals surface area (Å²) in [5, 5.41) is 10.3. The van der Waals surface area contributed by atoms with Crippen LogP contribution in [0.5, 0.6) is 0 Å². The zero-order valence-corrected chi connectivity index (χ0v) is 13.9. The van der Waals surface area contributed by atoms with E-state index in [0.717, 1.165) is 31.6 Å². The fraction of sp³-hybridized carbons (Fsp3) is 0.889. The van der Waals surface area contributed by atoms with Crippen molar-refractivity contribution in [2.45, 2.75) is 58.6 Å². The third-order valence-electron chi connectivity index (χ3n) is 7.08. The number of carbonyl (C=O) groups is 1. The average Bonchev–Trinajstić information content (AvgIpc) is 2.76. The van der Waals surface area contributed by atoms with Gasteiger partial charge < -0.3 is 5.11 Å². The number of amides is 1. The minimum Gasteiger partial charge on any atom is -0.393 e. The van der Waals surface area contributed by atoms with Gasteiger partial charge in [0.05, 0.1) is 18.1 Å². The van der Waals surface area contributed by atoms with Crippen molar-refractivity contribution in [1.82, 2.24) is 4.90 Å². The molecule has 7 unspecified atom stereocenters. The molecule has 2 aliphatic heterocycles. The lowest BCUT2D eigenvalue weighted by molar-refractivity contribution is -0.138. The molecule has 3 fully saturated rings. The second-order valence-corrected chi connectivity index (χ2v) is 8.20. The van der Waals surface area contributed by atoms with E-state index < -0.39 is 0 Å². The number of nitrogens with zero attached hydrogens (tertiary/aromatic N) is 2. The molecule has 1 saturated heterocycles. The summed E-state index contributed by atoms with van der Waals surface area (Å²) in [5.41, 5.74) is 0. The number of amidine groups is 1. The number of hydrogen-bond acceptors (Lipinski definition) is 3. The number of carbonyl (C=O) groups excluding carboxylic acids is 1. The first-order chi connectivity index (χ1) is 10.5. The molecule has 4 nitrogen and oxygen atoms in total. The number of aliphatic hydroxyl groups is 1. The second-order valence-electron chi connectivity index (χ2n) is 8.20. The molecule has 2 aliphatic carbocycles. The summed E-state index contributed by atoms with van der Waals surface area (Å²) >= 11 is 0. The normalized spacial score (nSPS) is 51.0. The molecule has 2 saturated carbocycles. The summed E-state index contributed by atoms with van der Waals surface area (Å²) in [7, 11) is 0. The first-order valence-electron chi connectivity index (χ1n) is 9.06. The highest BCUT2D eigenvalue weighted by Gasteiger charge is 2.57. The Labute approximate surface area is 133 Å². The van der Waals surface area contributed by atoms with Crippen LogP contribution in [0.3, 0.4) is 0 Å². The molecule has 1 N–H and O–H groups in total. The van der Waals surface area contributed by atoms with Gasteiger partial charge >= 0.3 is 0 Å². The van der Waals surface area contributed by atoms with Gasteiger partial charge in [0.1, 0.15) is 5.84 Å². The fourth-order valence-electron chi connectivity index (χ4n) is 5.57. The van der Waals surface area contributed by atoms with Crippen LogP contribution in [-0.4, -0.2) is 40.4 Å². The van der Waals surface area contributed by atoms with Gasteiger partial charge in [0, 0.05) is 12.5 Å². The molecule has 0 spiro atoms. The Balaban J connectivity index is 1.70. The zero-order chi connectivity index (χ0) is 15.6. The molecule has 0 aromatic heterocycles. The summed E-state index contributed by atoms with van der Waals surface area (Å²) in [6.45, 7) is 7.35. The lowest BCUT2D eigenvalue weighted by Crippen LogP contribution is -2.47. The monoisotopic (exact) mass is 304 g/mol. The summed E-state index contributed by atoms with van der Waals surface area (Å²) < 4.78 is 0. The van der Waals surface area contributed by atoms with Crippen LogP contribution in [0.2, 0.25) is 0 Å². The van der Waals surface area contributed by atoms with Crippen LogP contribution < -0.4 is 0 Å². The topological polar surface area (TPSA) is 52.9 Å². The maximum absolute atomic E-state index is 13.1. The van der Waals surface area contributed by atoms with Crippen LogP contribution in [0.15, 0.2) is 4.99 Å². The highest BCUT2D eigenvalue weighted by molar-refractivity contribution is 6.08. The van der Waals surface area contributed by atoms with Gasteiger partial charge in [-0.15, -0.1) is 0 Å². The van der Waals surface area contributed by atoms with Gasteiger partial charge in [-0.25, -0.2) is 0 Å². The number of hydrogen-bond donors (Lipinski definition) is 1. The Morgan fingerprint density at radius 1 is 1.14 bits per heavy atom. The largest absolute Gasteiger partial charge is 0.393 e. The van der Waals surface area contributed by atoms with Gasteiger partial charge in [-0.1, -0.05) is 13.8 Å². The lowest BCUT2D eigenvalue weighted by Gasteiger charge is -2.46. The molecule has 0 aromatic rings. The van der Waals surface area contributed by atoms with Crippen molar-refractivity contribution in [2.75, 3.05) is 6.54 Å². The van der Waals surface area contributed by atoms with E-state index in [0.29, 0.717) is 35.6 Å². The highest BCUT2D eigenvalue weighted by Crippen LogP contribution is 2.53. The molecule has 122 valence electrons. The maximum Gasteiger partial charge on any atom is 0.232 e. The van der Waals surface area contributed by atoms with Gasteiger partial charge in [0.15, 0.2) is 0 Å². The lowest BCUT2D eigenvalue weighted by atomic mass is 9.58. The van der Waals surface area contributed by atoms with Crippen molar-refractivity contribution in [1.29, 1.82) is 0 Å². The molecule has 0 radical (unpaired) electrons. The third-order valence-corrected chi connectivity index (χ3v) is 7.08. The number of aliphatic imine (C=N–C) groups is 1. The van der Waals surface area contributed by atoms with Gasteiger partial charge in [-0.3, -0.25) is 14.7 Å². The van der Waals surface area contributed by atoms with E-state index in [1.54, 1.807) is 0 Å². The van der Waals surface area contributed by atoms with Crippen molar-refractivity contribution < 1.29 is 9.90 Å². The Hall–Kier alpha value is -0.900. The van der Waals surface area contributed by atoms with Crippen LogP contribution in [0, 0.1) is 35.5 Å².